The fraction of sp³-hybridized carbons (Fsp3) is 0.667. The third kappa shape index (κ3) is 6.98. The lowest BCUT2D eigenvalue weighted by atomic mass is 10.1. The van der Waals surface area contributed by atoms with Gasteiger partial charge in [-0.05, 0) is 45.4 Å². The van der Waals surface area contributed by atoms with Gasteiger partial charge in [-0.3, -0.25) is 14.1 Å². The highest BCUT2D eigenvalue weighted by Gasteiger charge is 2.22. The van der Waals surface area contributed by atoms with Crippen LogP contribution < -0.4 is 14.8 Å². The Labute approximate surface area is 200 Å². The molecular formula is C21H35IN4O3S. The molecule has 30 heavy (non-hydrogen) atoms. The Kier molecular flexibility index (Phi) is 9.67. The smallest absolute Gasteiger partial charge is 0.231 e. The second-order valence-electron chi connectivity index (χ2n) is 8.35. The highest BCUT2D eigenvalue weighted by Crippen LogP contribution is 2.32. The fourth-order valence-corrected chi connectivity index (χ4v) is 4.25. The van der Waals surface area contributed by atoms with Crippen molar-refractivity contribution >= 4 is 40.7 Å². The van der Waals surface area contributed by atoms with Crippen LogP contribution in [0.3, 0.4) is 0 Å². The van der Waals surface area contributed by atoms with Crippen LogP contribution in [-0.4, -0.2) is 76.5 Å². The van der Waals surface area contributed by atoms with E-state index >= 15 is 0 Å². The first kappa shape index (κ1) is 25.2. The van der Waals surface area contributed by atoms with Gasteiger partial charge in [0, 0.05) is 60.6 Å². The van der Waals surface area contributed by atoms with Gasteiger partial charge in [0.25, 0.3) is 0 Å². The molecule has 0 bridgehead atoms. The number of piperazine rings is 1. The lowest BCUT2D eigenvalue weighted by Crippen LogP contribution is -2.52. The molecule has 2 aliphatic heterocycles. The average Bonchev–Trinajstić information content (AvgIpc) is 3.15. The van der Waals surface area contributed by atoms with E-state index in [1.165, 1.54) is 5.56 Å². The monoisotopic (exact) mass is 550 g/mol. The number of guanidine groups is 1. The number of fused-ring (bicyclic) bond motifs is 1. The second kappa shape index (κ2) is 11.5. The van der Waals surface area contributed by atoms with Crippen LogP contribution in [0, 0.1) is 0 Å². The van der Waals surface area contributed by atoms with Crippen molar-refractivity contribution in [3.63, 3.8) is 0 Å². The third-order valence-corrected chi connectivity index (χ3v) is 6.99. The molecule has 1 aromatic rings. The first-order valence-corrected chi connectivity index (χ1v) is 11.7. The molecule has 2 aliphatic rings. The molecule has 0 aliphatic carbocycles. The van der Waals surface area contributed by atoms with Gasteiger partial charge in [-0.25, -0.2) is 0 Å². The summed E-state index contributed by atoms with van der Waals surface area (Å²) in [5, 5.41) is 3.39. The first-order valence-electron chi connectivity index (χ1n) is 10.4. The van der Waals surface area contributed by atoms with Crippen molar-refractivity contribution in [1.82, 2.24) is 15.1 Å². The van der Waals surface area contributed by atoms with E-state index in [2.05, 4.69) is 34.2 Å². The minimum absolute atomic E-state index is 0. The second-order valence-corrected chi connectivity index (χ2v) is 10.7. The summed E-state index contributed by atoms with van der Waals surface area (Å²) >= 11 is 0. The summed E-state index contributed by atoms with van der Waals surface area (Å²) in [4.78, 5) is 9.48. The van der Waals surface area contributed by atoms with Crippen molar-refractivity contribution in [3.05, 3.63) is 23.8 Å². The van der Waals surface area contributed by atoms with Gasteiger partial charge in [-0.2, -0.15) is 0 Å². The highest BCUT2D eigenvalue weighted by molar-refractivity contribution is 14.0. The fourth-order valence-electron chi connectivity index (χ4n) is 3.38. The van der Waals surface area contributed by atoms with Crippen molar-refractivity contribution in [2.45, 2.75) is 39.0 Å². The molecule has 0 aromatic heterocycles. The Morgan fingerprint density at radius 2 is 1.87 bits per heavy atom. The zero-order chi connectivity index (χ0) is 20.9. The number of benzene rings is 1. The number of halogens is 1. The predicted octanol–water partition coefficient (Wildman–Crippen LogP) is 2.66. The summed E-state index contributed by atoms with van der Waals surface area (Å²) in [7, 11) is -0.872. The van der Waals surface area contributed by atoms with Crippen molar-refractivity contribution in [3.8, 4) is 11.5 Å². The summed E-state index contributed by atoms with van der Waals surface area (Å²) in [5.41, 5.74) is 1.24. The lowest BCUT2D eigenvalue weighted by molar-refractivity contribution is 0.171. The van der Waals surface area contributed by atoms with E-state index in [1.54, 1.807) is 0 Å². The van der Waals surface area contributed by atoms with Gasteiger partial charge in [0.05, 0.1) is 6.54 Å². The maximum Gasteiger partial charge on any atom is 0.231 e. The van der Waals surface area contributed by atoms with Crippen LogP contribution in [0.15, 0.2) is 23.2 Å². The molecule has 2 heterocycles. The average molecular weight is 551 g/mol. The van der Waals surface area contributed by atoms with Gasteiger partial charge < -0.3 is 19.7 Å². The van der Waals surface area contributed by atoms with Gasteiger partial charge in [0.15, 0.2) is 17.5 Å². The minimum atomic E-state index is -0.872. The summed E-state index contributed by atoms with van der Waals surface area (Å²) < 4.78 is 22.9. The van der Waals surface area contributed by atoms with E-state index in [1.807, 2.05) is 26.8 Å². The Bertz CT molecular complexity index is 746. The Morgan fingerprint density at radius 3 is 2.53 bits per heavy atom. The zero-order valence-corrected chi connectivity index (χ0v) is 21.6. The standard InChI is InChI=1S/C21H34N4O3S.HI/c1-5-22-20(23-8-13-29(26)21(2,3)4)25-11-9-24(10-12-25)15-17-6-7-18-19(14-17)28-16-27-18;/h6-7,14H,5,8-13,15-16H2,1-4H3,(H,22,23);1H. The molecule has 1 fully saturated rings. The van der Waals surface area contributed by atoms with Crippen molar-refractivity contribution in [2.75, 3.05) is 51.8 Å². The van der Waals surface area contributed by atoms with E-state index in [-0.39, 0.29) is 28.7 Å². The summed E-state index contributed by atoms with van der Waals surface area (Å²) in [6.07, 6.45) is 0. The van der Waals surface area contributed by atoms with E-state index in [0.29, 0.717) is 19.1 Å². The Hall–Kier alpha value is -1.07. The molecule has 9 heteroatoms. The van der Waals surface area contributed by atoms with Gasteiger partial charge in [-0.15, -0.1) is 24.0 Å². The molecule has 1 aromatic carbocycles. The number of hydrogen-bond acceptors (Lipinski definition) is 5. The molecule has 0 radical (unpaired) electrons. The van der Waals surface area contributed by atoms with E-state index in [0.717, 1.165) is 56.7 Å². The quantitative estimate of drug-likeness (QED) is 0.334. The molecule has 0 saturated carbocycles. The zero-order valence-electron chi connectivity index (χ0n) is 18.5. The van der Waals surface area contributed by atoms with Gasteiger partial charge >= 0.3 is 0 Å². The van der Waals surface area contributed by atoms with E-state index < -0.39 is 10.8 Å². The molecule has 1 saturated heterocycles. The van der Waals surface area contributed by atoms with Crippen LogP contribution in [-0.2, 0) is 17.3 Å². The topological polar surface area (TPSA) is 66.4 Å². The normalized spacial score (nSPS) is 18.1. The third-order valence-electron chi connectivity index (χ3n) is 5.07. The number of hydrogen-bond donors (Lipinski definition) is 1. The minimum Gasteiger partial charge on any atom is -0.454 e. The molecule has 3 rings (SSSR count). The van der Waals surface area contributed by atoms with Crippen LogP contribution in [0.25, 0.3) is 0 Å². The lowest BCUT2D eigenvalue weighted by Gasteiger charge is -2.36. The van der Waals surface area contributed by atoms with Gasteiger partial charge in [-0.1, -0.05) is 6.07 Å². The van der Waals surface area contributed by atoms with Crippen LogP contribution in [0.2, 0.25) is 0 Å². The highest BCUT2D eigenvalue weighted by atomic mass is 127. The summed E-state index contributed by atoms with van der Waals surface area (Å²) in [5.74, 6) is 3.21. The molecule has 170 valence electrons. The van der Waals surface area contributed by atoms with Crippen molar-refractivity contribution in [1.29, 1.82) is 0 Å². The van der Waals surface area contributed by atoms with E-state index in [4.69, 9.17) is 14.5 Å². The Morgan fingerprint density at radius 1 is 1.17 bits per heavy atom. The maximum atomic E-state index is 12.3. The molecule has 1 N–H and O–H groups in total. The first-order chi connectivity index (χ1) is 13.9. The van der Waals surface area contributed by atoms with Crippen molar-refractivity contribution < 1.29 is 13.7 Å². The molecule has 1 unspecified atom stereocenters. The largest absolute Gasteiger partial charge is 0.454 e. The molecule has 1 atom stereocenters. The predicted molar refractivity (Wildman–Crippen MR) is 134 cm³/mol. The van der Waals surface area contributed by atoms with E-state index in [9.17, 15) is 4.21 Å². The number of nitrogens with zero attached hydrogens (tertiary/aromatic N) is 3. The molecule has 7 nitrogen and oxygen atoms in total. The van der Waals surface area contributed by atoms with Crippen LogP contribution >= 0.6 is 24.0 Å². The van der Waals surface area contributed by atoms with Gasteiger partial charge in [0.1, 0.15) is 0 Å². The molecule has 0 amide bonds. The molecule has 0 spiro atoms. The number of ether oxygens (including phenoxy) is 2. The number of aliphatic imine (C=N–C) groups is 1. The van der Waals surface area contributed by atoms with Crippen LogP contribution in [0.5, 0.6) is 11.5 Å². The van der Waals surface area contributed by atoms with Crippen LogP contribution in [0.4, 0.5) is 0 Å². The maximum absolute atomic E-state index is 12.3. The van der Waals surface area contributed by atoms with Crippen molar-refractivity contribution in [2.24, 2.45) is 4.99 Å². The summed E-state index contributed by atoms with van der Waals surface area (Å²) in [6.45, 7) is 14.6. The molecular weight excluding hydrogens is 515 g/mol. The summed E-state index contributed by atoms with van der Waals surface area (Å²) in [6, 6.07) is 6.18. The van der Waals surface area contributed by atoms with Crippen LogP contribution in [0.1, 0.15) is 33.3 Å². The number of nitrogens with one attached hydrogen (secondary N) is 1. The Balaban J connectivity index is 0.00000320. The SMILES string of the molecule is CCNC(=NCCS(=O)C(C)(C)C)N1CCN(Cc2ccc3c(c2)OCO3)CC1.I. The van der Waals surface area contributed by atoms with Gasteiger partial charge in [0.2, 0.25) is 6.79 Å². The number of rotatable bonds is 6.